The standard InChI is InChI=1S/C30H30N2O2/c33-21-31(19-25-13-7-11-23-9-1-3-15-27(23)25)29-17-5-6-18-30(29)32(22-34)20-26-14-8-12-24-10-2-4-16-28(24)26/h1-4,7-16,21-22,29-30H,5-6,17-20H2/t29-,30-/m1/s1. The highest BCUT2D eigenvalue weighted by Gasteiger charge is 2.33. The molecule has 1 fully saturated rings. The van der Waals surface area contributed by atoms with Crippen LogP contribution in [0.1, 0.15) is 36.8 Å². The highest BCUT2D eigenvalue weighted by Crippen LogP contribution is 2.30. The van der Waals surface area contributed by atoms with E-state index >= 15 is 0 Å². The van der Waals surface area contributed by atoms with Gasteiger partial charge in [-0.3, -0.25) is 9.59 Å². The molecule has 0 heterocycles. The normalized spacial score (nSPS) is 18.0. The first kappa shape index (κ1) is 22.1. The van der Waals surface area contributed by atoms with E-state index < -0.39 is 0 Å². The molecule has 5 rings (SSSR count). The Kier molecular flexibility index (Phi) is 6.57. The molecule has 0 saturated heterocycles. The van der Waals surface area contributed by atoms with Crippen molar-refractivity contribution >= 4 is 34.4 Å². The van der Waals surface area contributed by atoms with Gasteiger partial charge in [0.05, 0.1) is 12.1 Å². The number of carbonyl (C=O) groups excluding carboxylic acids is 2. The summed E-state index contributed by atoms with van der Waals surface area (Å²) in [4.78, 5) is 28.6. The molecule has 4 aromatic rings. The number of amides is 2. The van der Waals surface area contributed by atoms with Gasteiger partial charge in [-0.2, -0.15) is 0 Å². The molecule has 0 bridgehead atoms. The summed E-state index contributed by atoms with van der Waals surface area (Å²) >= 11 is 0. The largest absolute Gasteiger partial charge is 0.336 e. The van der Waals surface area contributed by atoms with Crippen molar-refractivity contribution in [1.29, 1.82) is 0 Å². The maximum atomic E-state index is 12.4. The zero-order valence-corrected chi connectivity index (χ0v) is 19.3. The van der Waals surface area contributed by atoms with E-state index in [1.54, 1.807) is 0 Å². The van der Waals surface area contributed by atoms with Crippen LogP contribution in [0.15, 0.2) is 84.9 Å². The maximum Gasteiger partial charge on any atom is 0.210 e. The first-order chi connectivity index (χ1) is 16.8. The van der Waals surface area contributed by atoms with E-state index in [0.717, 1.165) is 49.6 Å². The zero-order chi connectivity index (χ0) is 23.3. The topological polar surface area (TPSA) is 40.6 Å². The number of hydrogen-bond donors (Lipinski definition) is 0. The minimum Gasteiger partial charge on any atom is -0.336 e. The van der Waals surface area contributed by atoms with Gasteiger partial charge in [-0.25, -0.2) is 0 Å². The van der Waals surface area contributed by atoms with Crippen LogP contribution < -0.4 is 0 Å². The summed E-state index contributed by atoms with van der Waals surface area (Å²) in [5.74, 6) is 0. The van der Waals surface area contributed by atoms with Gasteiger partial charge in [0.25, 0.3) is 0 Å². The fraction of sp³-hybridized carbons (Fsp3) is 0.267. The molecule has 2 atom stereocenters. The second-order valence-corrected chi connectivity index (χ2v) is 9.25. The van der Waals surface area contributed by atoms with Crippen molar-refractivity contribution in [2.24, 2.45) is 0 Å². The van der Waals surface area contributed by atoms with Crippen LogP contribution in [-0.2, 0) is 22.7 Å². The van der Waals surface area contributed by atoms with Crippen LogP contribution >= 0.6 is 0 Å². The summed E-state index contributed by atoms with van der Waals surface area (Å²) in [5.41, 5.74) is 2.28. The van der Waals surface area contributed by atoms with Crippen molar-refractivity contribution < 1.29 is 9.59 Å². The molecule has 0 unspecified atom stereocenters. The van der Waals surface area contributed by atoms with Gasteiger partial charge < -0.3 is 9.80 Å². The van der Waals surface area contributed by atoms with Crippen LogP contribution in [0.5, 0.6) is 0 Å². The SMILES string of the molecule is O=CN(Cc1cccc2ccccc12)[C@@H]1CCCC[C@H]1N(C=O)Cc1cccc2ccccc12. The van der Waals surface area contributed by atoms with Gasteiger partial charge in [0, 0.05) is 13.1 Å². The number of fused-ring (bicyclic) bond motifs is 2. The fourth-order valence-electron chi connectivity index (χ4n) is 5.58. The zero-order valence-electron chi connectivity index (χ0n) is 19.3. The van der Waals surface area contributed by atoms with Gasteiger partial charge in [0.1, 0.15) is 0 Å². The molecule has 1 saturated carbocycles. The Morgan fingerprint density at radius 2 is 1.00 bits per heavy atom. The molecule has 1 aliphatic carbocycles. The highest BCUT2D eigenvalue weighted by molar-refractivity contribution is 5.86. The molecule has 0 aromatic heterocycles. The Balaban J connectivity index is 1.42. The van der Waals surface area contributed by atoms with Crippen LogP contribution in [0.25, 0.3) is 21.5 Å². The van der Waals surface area contributed by atoms with Gasteiger partial charge in [-0.1, -0.05) is 97.8 Å². The van der Waals surface area contributed by atoms with Crippen LogP contribution in [-0.4, -0.2) is 34.7 Å². The molecule has 34 heavy (non-hydrogen) atoms. The third kappa shape index (κ3) is 4.41. The molecule has 0 aliphatic heterocycles. The van der Waals surface area contributed by atoms with Crippen LogP contribution in [0, 0.1) is 0 Å². The second kappa shape index (κ2) is 10.1. The van der Waals surface area contributed by atoms with E-state index in [1.807, 2.05) is 34.1 Å². The number of benzene rings is 4. The molecule has 0 spiro atoms. The number of carbonyl (C=O) groups is 2. The van der Waals surface area contributed by atoms with Crippen molar-refractivity contribution in [2.45, 2.75) is 50.9 Å². The van der Waals surface area contributed by atoms with Crippen LogP contribution in [0.2, 0.25) is 0 Å². The number of rotatable bonds is 8. The van der Waals surface area contributed by atoms with E-state index in [4.69, 9.17) is 0 Å². The van der Waals surface area contributed by atoms with Crippen molar-refractivity contribution in [2.75, 3.05) is 0 Å². The molecular formula is C30H30N2O2. The van der Waals surface area contributed by atoms with Crippen molar-refractivity contribution in [3.63, 3.8) is 0 Å². The summed E-state index contributed by atoms with van der Waals surface area (Å²) in [6.07, 6.45) is 5.92. The minimum atomic E-state index is 0.00500. The Labute approximate surface area is 200 Å². The molecule has 0 radical (unpaired) electrons. The van der Waals surface area contributed by atoms with E-state index in [0.29, 0.717) is 13.1 Å². The predicted octanol–water partition coefficient (Wildman–Crippen LogP) is 5.92. The Bertz CT molecular complexity index is 1190. The Morgan fingerprint density at radius 1 is 0.588 bits per heavy atom. The average Bonchev–Trinajstić information content (AvgIpc) is 2.90. The smallest absolute Gasteiger partial charge is 0.210 e. The van der Waals surface area contributed by atoms with Gasteiger partial charge in [0.2, 0.25) is 12.8 Å². The van der Waals surface area contributed by atoms with Crippen molar-refractivity contribution in [3.8, 4) is 0 Å². The van der Waals surface area contributed by atoms with E-state index in [9.17, 15) is 9.59 Å². The lowest BCUT2D eigenvalue weighted by atomic mass is 9.87. The molecule has 4 nitrogen and oxygen atoms in total. The summed E-state index contributed by atoms with van der Waals surface area (Å²) < 4.78 is 0. The molecule has 0 N–H and O–H groups in total. The van der Waals surface area contributed by atoms with Gasteiger partial charge in [-0.05, 0) is 45.5 Å². The molecule has 4 heteroatoms. The summed E-state index contributed by atoms with van der Waals surface area (Å²) in [7, 11) is 0. The lowest BCUT2D eigenvalue weighted by Gasteiger charge is -2.42. The van der Waals surface area contributed by atoms with Gasteiger partial charge >= 0.3 is 0 Å². The van der Waals surface area contributed by atoms with Gasteiger partial charge in [0.15, 0.2) is 0 Å². The van der Waals surface area contributed by atoms with Crippen molar-refractivity contribution in [3.05, 3.63) is 96.1 Å². The first-order valence-corrected chi connectivity index (χ1v) is 12.1. The minimum absolute atomic E-state index is 0.00500. The summed E-state index contributed by atoms with van der Waals surface area (Å²) in [5, 5.41) is 4.70. The monoisotopic (exact) mass is 450 g/mol. The third-order valence-corrected chi connectivity index (χ3v) is 7.28. The molecule has 4 aromatic carbocycles. The molecule has 1 aliphatic rings. The third-order valence-electron chi connectivity index (χ3n) is 7.28. The lowest BCUT2D eigenvalue weighted by molar-refractivity contribution is -0.129. The molecule has 172 valence electrons. The van der Waals surface area contributed by atoms with Crippen LogP contribution in [0.4, 0.5) is 0 Å². The summed E-state index contributed by atoms with van der Waals surface area (Å²) in [6.45, 7) is 1.10. The molecular weight excluding hydrogens is 420 g/mol. The maximum absolute atomic E-state index is 12.4. The van der Waals surface area contributed by atoms with E-state index in [1.165, 1.54) is 21.5 Å². The molecule has 2 amide bonds. The van der Waals surface area contributed by atoms with Crippen molar-refractivity contribution in [1.82, 2.24) is 9.80 Å². The second-order valence-electron chi connectivity index (χ2n) is 9.25. The summed E-state index contributed by atoms with van der Waals surface area (Å²) in [6, 6.07) is 29.1. The van der Waals surface area contributed by atoms with Gasteiger partial charge in [-0.15, -0.1) is 0 Å². The predicted molar refractivity (Wildman–Crippen MR) is 137 cm³/mol. The number of hydrogen-bond acceptors (Lipinski definition) is 2. The average molecular weight is 451 g/mol. The van der Waals surface area contributed by atoms with E-state index in [2.05, 4.69) is 60.7 Å². The first-order valence-electron chi connectivity index (χ1n) is 12.1. The Hall–Kier alpha value is -3.66. The van der Waals surface area contributed by atoms with Crippen LogP contribution in [0.3, 0.4) is 0 Å². The Morgan fingerprint density at radius 3 is 1.44 bits per heavy atom. The fourth-order valence-corrected chi connectivity index (χ4v) is 5.58. The number of nitrogens with zero attached hydrogens (tertiary/aromatic N) is 2. The lowest BCUT2D eigenvalue weighted by Crippen LogP contribution is -2.52. The van der Waals surface area contributed by atoms with E-state index in [-0.39, 0.29) is 12.1 Å². The quantitative estimate of drug-likeness (QED) is 0.313. The highest BCUT2D eigenvalue weighted by atomic mass is 16.1.